The Labute approximate surface area is 92.0 Å². The number of hydrogen-bond donors (Lipinski definition) is 0. The maximum absolute atomic E-state index is 12.8. The summed E-state index contributed by atoms with van der Waals surface area (Å²) in [6.07, 6.45) is 3.78. The molecule has 0 aromatic heterocycles. The third-order valence-electron chi connectivity index (χ3n) is 2.80. The molecule has 0 heterocycles. The van der Waals surface area contributed by atoms with Gasteiger partial charge in [-0.15, -0.1) is 0 Å². The molecule has 14 heavy (non-hydrogen) atoms. The van der Waals surface area contributed by atoms with E-state index in [9.17, 15) is 4.39 Å². The number of halogens is 2. The summed E-state index contributed by atoms with van der Waals surface area (Å²) in [6.45, 7) is 2.06. The first-order valence-electron chi connectivity index (χ1n) is 4.73. The van der Waals surface area contributed by atoms with Crippen molar-refractivity contribution in [2.45, 2.75) is 25.2 Å². The number of rotatable bonds is 2. The molecule has 1 aliphatic carbocycles. The SMILES string of the molecule is Cc1ccc(C2(/C=C(/F)Br)CC2)cc1. The van der Waals surface area contributed by atoms with Crippen LogP contribution in [-0.2, 0) is 5.41 Å². The van der Waals surface area contributed by atoms with Gasteiger partial charge in [0.05, 0.1) is 0 Å². The van der Waals surface area contributed by atoms with Gasteiger partial charge in [-0.3, -0.25) is 0 Å². The summed E-state index contributed by atoms with van der Waals surface area (Å²) < 4.78 is 12.5. The molecule has 1 aromatic rings. The molecule has 0 aliphatic heterocycles. The normalized spacial score (nSPS) is 19.5. The molecule has 0 unspecified atom stereocenters. The average Bonchev–Trinajstić information content (AvgIpc) is 2.85. The first kappa shape index (κ1) is 9.91. The second-order valence-corrected chi connectivity index (χ2v) is 4.71. The standard InChI is InChI=1S/C12H12BrF/c1-9-2-4-10(5-3-9)12(6-7-12)8-11(13)14/h2-5,8H,6-7H2,1H3/b11-8+. The van der Waals surface area contributed by atoms with E-state index in [0.717, 1.165) is 12.8 Å². The van der Waals surface area contributed by atoms with Crippen molar-refractivity contribution < 1.29 is 4.39 Å². The quantitative estimate of drug-likeness (QED) is 0.741. The van der Waals surface area contributed by atoms with Crippen LogP contribution in [-0.4, -0.2) is 0 Å². The molecule has 0 bridgehead atoms. The summed E-state index contributed by atoms with van der Waals surface area (Å²) in [5.41, 5.74) is 2.44. The third kappa shape index (κ3) is 1.90. The Hall–Kier alpha value is -0.630. The first-order valence-corrected chi connectivity index (χ1v) is 5.53. The van der Waals surface area contributed by atoms with Gasteiger partial charge in [0.1, 0.15) is 0 Å². The lowest BCUT2D eigenvalue weighted by atomic mass is 9.95. The predicted molar refractivity (Wildman–Crippen MR) is 60.2 cm³/mol. The van der Waals surface area contributed by atoms with Crippen molar-refractivity contribution >= 4 is 15.9 Å². The van der Waals surface area contributed by atoms with Crippen LogP contribution in [0.1, 0.15) is 24.0 Å². The van der Waals surface area contributed by atoms with Crippen molar-refractivity contribution in [2.75, 3.05) is 0 Å². The lowest BCUT2D eigenvalue weighted by Gasteiger charge is -2.10. The second kappa shape index (κ2) is 3.50. The smallest absolute Gasteiger partial charge is 0.162 e. The topological polar surface area (TPSA) is 0 Å². The minimum atomic E-state index is -0.254. The van der Waals surface area contributed by atoms with Crippen LogP contribution in [0.15, 0.2) is 35.1 Å². The Morgan fingerprint density at radius 2 is 1.93 bits per heavy atom. The maximum atomic E-state index is 12.8. The van der Waals surface area contributed by atoms with Gasteiger partial charge in [-0.05, 0) is 47.3 Å². The van der Waals surface area contributed by atoms with Crippen LogP contribution in [0, 0.1) is 6.92 Å². The van der Waals surface area contributed by atoms with E-state index in [1.807, 2.05) is 0 Å². The number of aryl methyl sites for hydroxylation is 1. The largest absolute Gasteiger partial charge is 0.199 e. The molecular weight excluding hydrogens is 243 g/mol. The van der Waals surface area contributed by atoms with E-state index < -0.39 is 0 Å². The number of allylic oxidation sites excluding steroid dienone is 1. The monoisotopic (exact) mass is 254 g/mol. The molecule has 0 N–H and O–H groups in total. The van der Waals surface area contributed by atoms with Gasteiger partial charge in [-0.1, -0.05) is 29.8 Å². The highest BCUT2D eigenvalue weighted by atomic mass is 79.9. The third-order valence-corrected chi connectivity index (χ3v) is 3.03. The minimum absolute atomic E-state index is 0.0265. The zero-order valence-electron chi connectivity index (χ0n) is 8.06. The van der Waals surface area contributed by atoms with Crippen LogP contribution in [0.2, 0.25) is 0 Å². The van der Waals surface area contributed by atoms with E-state index >= 15 is 0 Å². The molecule has 0 saturated heterocycles. The van der Waals surface area contributed by atoms with Gasteiger partial charge in [0, 0.05) is 5.41 Å². The molecule has 2 rings (SSSR count). The molecule has 0 nitrogen and oxygen atoms in total. The Bertz CT molecular complexity index is 356. The minimum Gasteiger partial charge on any atom is -0.199 e. The number of benzene rings is 1. The molecule has 0 atom stereocenters. The van der Waals surface area contributed by atoms with Gasteiger partial charge in [0.15, 0.2) is 4.74 Å². The average molecular weight is 255 g/mol. The highest BCUT2D eigenvalue weighted by Gasteiger charge is 2.42. The van der Waals surface area contributed by atoms with Crippen molar-refractivity contribution in [2.24, 2.45) is 0 Å². The highest BCUT2D eigenvalue weighted by Crippen LogP contribution is 2.50. The van der Waals surface area contributed by atoms with Gasteiger partial charge in [0.25, 0.3) is 0 Å². The Morgan fingerprint density at radius 1 is 1.36 bits per heavy atom. The summed E-state index contributed by atoms with van der Waals surface area (Å²) in [7, 11) is 0. The van der Waals surface area contributed by atoms with Crippen LogP contribution >= 0.6 is 15.9 Å². The van der Waals surface area contributed by atoms with Crippen LogP contribution < -0.4 is 0 Å². The fourth-order valence-corrected chi connectivity index (χ4v) is 2.18. The molecule has 1 aromatic carbocycles. The van der Waals surface area contributed by atoms with Gasteiger partial charge in [0.2, 0.25) is 0 Å². The van der Waals surface area contributed by atoms with Gasteiger partial charge >= 0.3 is 0 Å². The molecule has 1 saturated carbocycles. The van der Waals surface area contributed by atoms with Crippen LogP contribution in [0.4, 0.5) is 4.39 Å². The number of hydrogen-bond acceptors (Lipinski definition) is 0. The predicted octanol–water partition coefficient (Wildman–Crippen LogP) is 4.23. The van der Waals surface area contributed by atoms with Crippen molar-refractivity contribution in [3.8, 4) is 0 Å². The lowest BCUT2D eigenvalue weighted by molar-refractivity contribution is 0.686. The van der Waals surface area contributed by atoms with Crippen molar-refractivity contribution in [3.63, 3.8) is 0 Å². The zero-order chi connectivity index (χ0) is 10.2. The van der Waals surface area contributed by atoms with Gasteiger partial charge in [-0.2, -0.15) is 4.39 Å². The van der Waals surface area contributed by atoms with Crippen LogP contribution in [0.25, 0.3) is 0 Å². The van der Waals surface area contributed by atoms with Crippen molar-refractivity contribution in [3.05, 3.63) is 46.2 Å². The summed E-state index contributed by atoms with van der Waals surface area (Å²) in [4.78, 5) is 0. The highest BCUT2D eigenvalue weighted by molar-refractivity contribution is 9.11. The summed E-state index contributed by atoms with van der Waals surface area (Å²) >= 11 is 2.86. The molecule has 2 heteroatoms. The van der Waals surface area contributed by atoms with E-state index in [1.165, 1.54) is 11.1 Å². The first-order chi connectivity index (χ1) is 6.62. The van der Waals surface area contributed by atoms with E-state index in [-0.39, 0.29) is 10.2 Å². The zero-order valence-corrected chi connectivity index (χ0v) is 9.64. The fourth-order valence-electron chi connectivity index (χ4n) is 1.75. The molecule has 1 fully saturated rings. The Morgan fingerprint density at radius 3 is 2.36 bits per heavy atom. The van der Waals surface area contributed by atoms with E-state index in [4.69, 9.17) is 0 Å². The summed E-state index contributed by atoms with van der Waals surface area (Å²) in [5.74, 6) is 0. The molecule has 0 radical (unpaired) electrons. The van der Waals surface area contributed by atoms with Gasteiger partial charge in [-0.25, -0.2) is 0 Å². The molecule has 1 aliphatic rings. The van der Waals surface area contributed by atoms with E-state index in [2.05, 4.69) is 47.1 Å². The van der Waals surface area contributed by atoms with Crippen LogP contribution in [0.5, 0.6) is 0 Å². The fraction of sp³-hybridized carbons (Fsp3) is 0.333. The summed E-state index contributed by atoms with van der Waals surface area (Å²) in [5, 5.41) is 0. The van der Waals surface area contributed by atoms with E-state index in [1.54, 1.807) is 6.08 Å². The Kier molecular flexibility index (Phi) is 2.48. The van der Waals surface area contributed by atoms with Gasteiger partial charge < -0.3 is 0 Å². The second-order valence-electron chi connectivity index (χ2n) is 3.96. The molecule has 74 valence electrons. The molecule has 0 spiro atoms. The Balaban J connectivity index is 2.31. The molecule has 0 amide bonds. The lowest BCUT2D eigenvalue weighted by Crippen LogP contribution is -2.01. The molecular formula is C12H12BrF. The maximum Gasteiger partial charge on any atom is 0.162 e. The summed E-state index contributed by atoms with van der Waals surface area (Å²) in [6, 6.07) is 8.34. The van der Waals surface area contributed by atoms with Crippen LogP contribution in [0.3, 0.4) is 0 Å². The van der Waals surface area contributed by atoms with E-state index in [0.29, 0.717) is 0 Å². The van der Waals surface area contributed by atoms with Crippen molar-refractivity contribution in [1.82, 2.24) is 0 Å². The van der Waals surface area contributed by atoms with Crippen molar-refractivity contribution in [1.29, 1.82) is 0 Å².